The van der Waals surface area contributed by atoms with E-state index in [2.05, 4.69) is 133 Å². The fourth-order valence-electron chi connectivity index (χ4n) is 4.33. The lowest BCUT2D eigenvalue weighted by Crippen LogP contribution is -2.14. The monoisotopic (exact) mass is 452 g/mol. The van der Waals surface area contributed by atoms with Gasteiger partial charge in [0.15, 0.2) is 0 Å². The first-order valence-electron chi connectivity index (χ1n) is 11.8. The summed E-state index contributed by atoms with van der Waals surface area (Å²) in [5.74, 6) is 0. The summed E-state index contributed by atoms with van der Waals surface area (Å²) in [5, 5.41) is 3.40. The molecule has 0 amide bonds. The Bertz CT molecular complexity index is 1320. The Morgan fingerprint density at radius 3 is 1.71 bits per heavy atom. The van der Waals surface area contributed by atoms with E-state index in [-0.39, 0.29) is 6.04 Å². The Labute approximate surface area is 207 Å². The van der Waals surface area contributed by atoms with E-state index in [1.807, 2.05) is 24.4 Å². The minimum Gasteiger partial charge on any atom is -0.381 e. The number of hydrogen-bond donors (Lipinski definition) is 1. The number of rotatable bonds is 7. The zero-order valence-electron chi connectivity index (χ0n) is 19.6. The molecule has 0 fully saturated rings. The largest absolute Gasteiger partial charge is 0.381 e. The minimum atomic E-state index is 0.201. The van der Waals surface area contributed by atoms with E-state index < -0.39 is 0 Å². The van der Waals surface area contributed by atoms with Crippen LogP contribution < -0.4 is 10.2 Å². The summed E-state index contributed by atoms with van der Waals surface area (Å²) < 4.78 is 0. The van der Waals surface area contributed by atoms with Crippen LogP contribution in [0.3, 0.4) is 0 Å². The summed E-state index contributed by atoms with van der Waals surface area (Å²) in [6.45, 7) is 7.76. The van der Waals surface area contributed by atoms with Gasteiger partial charge in [0, 0.05) is 17.1 Å². The summed E-state index contributed by atoms with van der Waals surface area (Å²) in [5.41, 5.74) is 9.14. The van der Waals surface area contributed by atoms with Crippen LogP contribution in [0.15, 0.2) is 135 Å². The van der Waals surface area contributed by atoms with Crippen molar-refractivity contribution in [3.05, 3.63) is 151 Å². The quantitative estimate of drug-likeness (QED) is 0.301. The molecule has 0 saturated carbocycles. The zero-order chi connectivity index (χ0) is 24.0. The third-order valence-electron chi connectivity index (χ3n) is 6.27. The highest BCUT2D eigenvalue weighted by Crippen LogP contribution is 2.36. The van der Waals surface area contributed by atoms with Crippen molar-refractivity contribution in [3.8, 4) is 11.1 Å². The molecule has 0 aromatic heterocycles. The molecule has 1 aliphatic rings. The number of anilines is 3. The van der Waals surface area contributed by atoms with Crippen molar-refractivity contribution < 1.29 is 0 Å². The highest BCUT2D eigenvalue weighted by Gasteiger charge is 2.13. The molecule has 0 radical (unpaired) electrons. The predicted octanol–water partition coefficient (Wildman–Crippen LogP) is 8.82. The maximum atomic E-state index is 3.88. The van der Waals surface area contributed by atoms with Crippen LogP contribution in [0.4, 0.5) is 17.1 Å². The van der Waals surface area contributed by atoms with Gasteiger partial charge in [-0.15, -0.1) is 0 Å². The van der Waals surface area contributed by atoms with Crippen LogP contribution in [0.1, 0.15) is 22.7 Å². The maximum Gasteiger partial charge on any atom is 0.0695 e. The summed E-state index contributed by atoms with van der Waals surface area (Å²) >= 11 is 0. The highest BCUT2D eigenvalue weighted by molar-refractivity contribution is 5.79. The molecule has 0 spiro atoms. The summed E-state index contributed by atoms with van der Waals surface area (Å²) in [6.07, 6.45) is 12.0. The van der Waals surface area contributed by atoms with Gasteiger partial charge in [-0.3, -0.25) is 0 Å². The van der Waals surface area contributed by atoms with Gasteiger partial charge in [-0.1, -0.05) is 92.1 Å². The van der Waals surface area contributed by atoms with Crippen LogP contribution in [-0.4, -0.2) is 0 Å². The van der Waals surface area contributed by atoms with Gasteiger partial charge in [-0.2, -0.15) is 0 Å². The molecule has 2 nitrogen and oxygen atoms in total. The fourth-order valence-corrected chi connectivity index (χ4v) is 4.33. The number of nitrogens with zero attached hydrogens (tertiary/aromatic N) is 1. The summed E-state index contributed by atoms with van der Waals surface area (Å²) in [7, 11) is 0. The smallest absolute Gasteiger partial charge is 0.0695 e. The van der Waals surface area contributed by atoms with Gasteiger partial charge < -0.3 is 10.2 Å². The molecule has 1 unspecified atom stereocenters. The normalized spacial score (nSPS) is 14.2. The number of dihydropyridines is 1. The molecule has 1 atom stereocenters. The lowest BCUT2D eigenvalue weighted by molar-refractivity contribution is 0.747. The van der Waals surface area contributed by atoms with Gasteiger partial charge >= 0.3 is 0 Å². The van der Waals surface area contributed by atoms with E-state index >= 15 is 0 Å². The van der Waals surface area contributed by atoms with Crippen LogP contribution in [-0.2, 0) is 0 Å². The van der Waals surface area contributed by atoms with E-state index in [9.17, 15) is 0 Å². The molecular weight excluding hydrogens is 424 g/mol. The lowest BCUT2D eigenvalue weighted by Gasteiger charge is -2.26. The van der Waals surface area contributed by atoms with Crippen LogP contribution in [0, 0.1) is 0 Å². The standard InChI is InChI=1S/C33H28N2/c1-3-25-11-17-30(18-12-25)35(31-19-13-26(4-2)14-20-31)32-21-15-27(16-22-32)28-8-7-9-29(24-28)33-10-5-6-23-34-33/h3-24,33-34H,1-2H2. The number of benzene rings is 4. The van der Waals surface area contributed by atoms with Crippen LogP contribution in [0.5, 0.6) is 0 Å². The van der Waals surface area contributed by atoms with Crippen LogP contribution in [0.25, 0.3) is 23.3 Å². The van der Waals surface area contributed by atoms with Crippen molar-refractivity contribution in [2.75, 3.05) is 4.90 Å². The third-order valence-corrected chi connectivity index (χ3v) is 6.27. The molecule has 35 heavy (non-hydrogen) atoms. The van der Waals surface area contributed by atoms with Crippen molar-refractivity contribution in [1.29, 1.82) is 0 Å². The molecule has 4 aromatic carbocycles. The molecule has 1 N–H and O–H groups in total. The SMILES string of the molecule is C=Cc1ccc(N(c2ccc(C=C)cc2)c2ccc(-c3cccc(C4C=CC=CN4)c3)cc2)cc1. The number of hydrogen-bond acceptors (Lipinski definition) is 2. The molecule has 0 aliphatic carbocycles. The fraction of sp³-hybridized carbons (Fsp3) is 0.0303. The number of allylic oxidation sites excluding steroid dienone is 2. The average molecular weight is 453 g/mol. The van der Waals surface area contributed by atoms with Crippen LogP contribution in [0.2, 0.25) is 0 Å². The molecular formula is C33H28N2. The Kier molecular flexibility index (Phi) is 6.45. The third kappa shape index (κ3) is 4.87. The molecule has 5 rings (SSSR count). The first-order chi connectivity index (χ1) is 17.2. The molecule has 170 valence electrons. The topological polar surface area (TPSA) is 15.3 Å². The molecule has 2 heteroatoms. The van der Waals surface area contributed by atoms with E-state index in [4.69, 9.17) is 0 Å². The van der Waals surface area contributed by atoms with Crippen molar-refractivity contribution in [1.82, 2.24) is 5.32 Å². The van der Waals surface area contributed by atoms with Gasteiger partial charge in [0.25, 0.3) is 0 Å². The van der Waals surface area contributed by atoms with E-state index in [0.29, 0.717) is 0 Å². The van der Waals surface area contributed by atoms with E-state index in [1.165, 1.54) is 16.7 Å². The second-order valence-electron chi connectivity index (χ2n) is 8.49. The predicted molar refractivity (Wildman–Crippen MR) is 151 cm³/mol. The highest BCUT2D eigenvalue weighted by atomic mass is 15.1. The van der Waals surface area contributed by atoms with Gasteiger partial charge in [0.2, 0.25) is 0 Å². The Morgan fingerprint density at radius 2 is 1.20 bits per heavy atom. The van der Waals surface area contributed by atoms with Crippen molar-refractivity contribution in [2.45, 2.75) is 6.04 Å². The molecule has 1 aliphatic heterocycles. The lowest BCUT2D eigenvalue weighted by atomic mass is 9.98. The first-order valence-corrected chi connectivity index (χ1v) is 11.8. The maximum absolute atomic E-state index is 3.88. The van der Waals surface area contributed by atoms with Crippen LogP contribution >= 0.6 is 0 Å². The number of nitrogens with one attached hydrogen (secondary N) is 1. The van der Waals surface area contributed by atoms with Crippen molar-refractivity contribution >= 4 is 29.2 Å². The zero-order valence-corrected chi connectivity index (χ0v) is 19.6. The molecule has 0 bridgehead atoms. The molecule has 0 saturated heterocycles. The second-order valence-corrected chi connectivity index (χ2v) is 8.49. The van der Waals surface area contributed by atoms with Gasteiger partial charge in [0.05, 0.1) is 6.04 Å². The summed E-state index contributed by atoms with van der Waals surface area (Å²) in [6, 6.07) is 34.6. The molecule has 4 aromatic rings. The minimum absolute atomic E-state index is 0.201. The van der Waals surface area contributed by atoms with Gasteiger partial charge in [-0.05, 0) is 82.6 Å². The Balaban J connectivity index is 1.49. The van der Waals surface area contributed by atoms with Crippen molar-refractivity contribution in [3.63, 3.8) is 0 Å². The van der Waals surface area contributed by atoms with E-state index in [1.54, 1.807) is 0 Å². The Morgan fingerprint density at radius 1 is 0.629 bits per heavy atom. The summed E-state index contributed by atoms with van der Waals surface area (Å²) in [4.78, 5) is 2.27. The van der Waals surface area contributed by atoms with E-state index in [0.717, 1.165) is 28.2 Å². The van der Waals surface area contributed by atoms with Gasteiger partial charge in [0.1, 0.15) is 0 Å². The second kappa shape index (κ2) is 10.1. The average Bonchev–Trinajstić information content (AvgIpc) is 2.95. The van der Waals surface area contributed by atoms with Crippen molar-refractivity contribution in [2.24, 2.45) is 0 Å². The first kappa shape index (κ1) is 22.2. The Hall–Kier alpha value is -4.56. The van der Waals surface area contributed by atoms with Gasteiger partial charge in [-0.25, -0.2) is 0 Å². The molecule has 1 heterocycles.